The summed E-state index contributed by atoms with van der Waals surface area (Å²) in [6.07, 6.45) is 5.98. The van der Waals surface area contributed by atoms with Crippen LogP contribution in [0.25, 0.3) is 11.2 Å². The van der Waals surface area contributed by atoms with Crippen LogP contribution in [0.2, 0.25) is 0 Å². The second kappa shape index (κ2) is 6.14. The van der Waals surface area contributed by atoms with Crippen molar-refractivity contribution in [2.24, 2.45) is 11.7 Å². The summed E-state index contributed by atoms with van der Waals surface area (Å²) in [6.45, 7) is 4.12. The van der Waals surface area contributed by atoms with Gasteiger partial charge in [0.15, 0.2) is 11.3 Å². The van der Waals surface area contributed by atoms with E-state index in [1.165, 1.54) is 6.42 Å². The zero-order chi connectivity index (χ0) is 16.6. The predicted molar refractivity (Wildman–Crippen MR) is 87.3 cm³/mol. The lowest BCUT2D eigenvalue weighted by Crippen LogP contribution is -2.24. The molecule has 1 fully saturated rings. The van der Waals surface area contributed by atoms with E-state index in [0.717, 1.165) is 25.7 Å². The normalized spacial score (nSPS) is 16.3. The van der Waals surface area contributed by atoms with Crippen LogP contribution >= 0.6 is 0 Å². The molecule has 23 heavy (non-hydrogen) atoms. The highest BCUT2D eigenvalue weighted by molar-refractivity contribution is 6.01. The molecule has 2 aromatic heterocycles. The highest BCUT2D eigenvalue weighted by Crippen LogP contribution is 2.29. The molecule has 2 heterocycles. The molecule has 3 rings (SSSR count). The number of carbonyl (C=O) groups excluding carboxylic acids is 1. The van der Waals surface area contributed by atoms with E-state index < -0.39 is 5.91 Å². The van der Waals surface area contributed by atoms with Crippen LogP contribution < -0.4 is 11.4 Å². The first-order chi connectivity index (χ1) is 11.0. The van der Waals surface area contributed by atoms with Gasteiger partial charge in [0.1, 0.15) is 11.3 Å². The zero-order valence-corrected chi connectivity index (χ0v) is 13.6. The lowest BCUT2D eigenvalue weighted by atomic mass is 9.95. The molecule has 0 aromatic carbocycles. The van der Waals surface area contributed by atoms with Gasteiger partial charge in [0.05, 0.1) is 0 Å². The van der Waals surface area contributed by atoms with Crippen LogP contribution in [-0.4, -0.2) is 25.4 Å². The van der Waals surface area contributed by atoms with Crippen LogP contribution in [0.15, 0.2) is 4.79 Å². The van der Waals surface area contributed by atoms with Gasteiger partial charge in [-0.25, -0.2) is 14.8 Å². The molecule has 3 N–H and O–H groups in total. The van der Waals surface area contributed by atoms with Gasteiger partial charge in [-0.1, -0.05) is 33.1 Å². The highest BCUT2D eigenvalue weighted by Gasteiger charge is 2.24. The maximum Gasteiger partial charge on any atom is 0.327 e. The fraction of sp³-hybridized carbons (Fsp3) is 0.625. The molecule has 0 atom stereocenters. The minimum Gasteiger partial charge on any atom is -0.364 e. The number of rotatable bonds is 4. The van der Waals surface area contributed by atoms with E-state index >= 15 is 0 Å². The van der Waals surface area contributed by atoms with Crippen molar-refractivity contribution in [3.8, 4) is 0 Å². The number of nitrogens with one attached hydrogen (secondary N) is 1. The van der Waals surface area contributed by atoms with Crippen LogP contribution in [0.4, 0.5) is 0 Å². The Morgan fingerprint density at radius 1 is 1.30 bits per heavy atom. The number of aromatic amines is 1. The Morgan fingerprint density at radius 2 is 2.00 bits per heavy atom. The number of imidazole rings is 1. The van der Waals surface area contributed by atoms with Gasteiger partial charge in [0, 0.05) is 12.5 Å². The number of H-pyrrole nitrogens is 1. The largest absolute Gasteiger partial charge is 0.364 e. The molecule has 1 saturated carbocycles. The number of carbonyl (C=O) groups is 1. The van der Waals surface area contributed by atoms with Crippen molar-refractivity contribution in [2.45, 2.75) is 58.4 Å². The molecule has 0 saturated heterocycles. The predicted octanol–water partition coefficient (Wildman–Crippen LogP) is 1.92. The van der Waals surface area contributed by atoms with Crippen LogP contribution in [-0.2, 0) is 6.42 Å². The van der Waals surface area contributed by atoms with Gasteiger partial charge in [0.2, 0.25) is 0 Å². The average molecular weight is 317 g/mol. The van der Waals surface area contributed by atoms with Crippen LogP contribution in [0.3, 0.4) is 0 Å². The first-order valence-electron chi connectivity index (χ1n) is 8.28. The van der Waals surface area contributed by atoms with Crippen LogP contribution in [0, 0.1) is 5.92 Å². The molecule has 7 heteroatoms. The van der Waals surface area contributed by atoms with Gasteiger partial charge in [-0.05, 0) is 18.8 Å². The minimum atomic E-state index is -0.639. The molecule has 1 amide bonds. The zero-order valence-electron chi connectivity index (χ0n) is 13.6. The second-order valence-electron chi connectivity index (χ2n) is 6.74. The summed E-state index contributed by atoms with van der Waals surface area (Å²) in [5.41, 5.74) is 6.21. The van der Waals surface area contributed by atoms with E-state index in [1.54, 1.807) is 4.57 Å². The summed E-state index contributed by atoms with van der Waals surface area (Å²) in [7, 11) is 0. The molecule has 0 bridgehead atoms. The van der Waals surface area contributed by atoms with Crippen molar-refractivity contribution in [1.29, 1.82) is 0 Å². The Morgan fingerprint density at radius 3 is 2.61 bits per heavy atom. The quantitative estimate of drug-likeness (QED) is 0.898. The molecule has 2 aromatic rings. The minimum absolute atomic E-state index is 0.109. The van der Waals surface area contributed by atoms with Gasteiger partial charge in [-0.2, -0.15) is 0 Å². The van der Waals surface area contributed by atoms with Crippen LogP contribution in [0.5, 0.6) is 0 Å². The van der Waals surface area contributed by atoms with E-state index in [0.29, 0.717) is 29.3 Å². The number of hydrogen-bond donors (Lipinski definition) is 2. The van der Waals surface area contributed by atoms with Crippen LogP contribution in [0.1, 0.15) is 68.3 Å². The topological polar surface area (TPSA) is 107 Å². The van der Waals surface area contributed by atoms with Crippen molar-refractivity contribution >= 4 is 17.1 Å². The number of nitrogens with zero attached hydrogens (tertiary/aromatic N) is 3. The molecule has 1 aliphatic rings. The highest BCUT2D eigenvalue weighted by atomic mass is 16.2. The number of hydrogen-bond acceptors (Lipinski definition) is 4. The van der Waals surface area contributed by atoms with Crippen molar-refractivity contribution in [3.63, 3.8) is 0 Å². The van der Waals surface area contributed by atoms with Gasteiger partial charge in [-0.3, -0.25) is 9.36 Å². The second-order valence-corrected chi connectivity index (χ2v) is 6.74. The molecular formula is C16H23N5O2. The summed E-state index contributed by atoms with van der Waals surface area (Å²) >= 11 is 0. The Kier molecular flexibility index (Phi) is 4.19. The summed E-state index contributed by atoms with van der Waals surface area (Å²) in [5.74, 6) is 0.270. The summed E-state index contributed by atoms with van der Waals surface area (Å²) in [5, 5.41) is 0. The Labute approximate surface area is 134 Å². The molecular weight excluding hydrogens is 294 g/mol. The summed E-state index contributed by atoms with van der Waals surface area (Å²) < 4.78 is 1.70. The molecule has 0 unspecified atom stereocenters. The number of aromatic nitrogens is 4. The van der Waals surface area contributed by atoms with E-state index in [-0.39, 0.29) is 17.4 Å². The maximum absolute atomic E-state index is 12.4. The van der Waals surface area contributed by atoms with Gasteiger partial charge >= 0.3 is 5.69 Å². The van der Waals surface area contributed by atoms with Gasteiger partial charge in [0.25, 0.3) is 5.91 Å². The maximum atomic E-state index is 12.4. The van der Waals surface area contributed by atoms with Crippen molar-refractivity contribution in [2.75, 3.05) is 0 Å². The molecule has 0 spiro atoms. The van der Waals surface area contributed by atoms with Gasteiger partial charge < -0.3 is 10.7 Å². The van der Waals surface area contributed by atoms with Gasteiger partial charge in [-0.15, -0.1) is 0 Å². The third kappa shape index (κ3) is 3.00. The molecule has 0 aliphatic heterocycles. The Balaban J connectivity index is 2.20. The molecule has 7 nitrogen and oxygen atoms in total. The molecule has 0 radical (unpaired) electrons. The molecule has 124 valence electrons. The SMILES string of the molecule is CC(C)Cc1nc(C(N)=O)c2[nH]c(=O)n(C3CCCCC3)c2n1. The van der Waals surface area contributed by atoms with E-state index in [9.17, 15) is 9.59 Å². The van der Waals surface area contributed by atoms with Crippen molar-refractivity contribution in [3.05, 3.63) is 22.0 Å². The Hall–Kier alpha value is -2.18. The summed E-state index contributed by atoms with van der Waals surface area (Å²) in [4.78, 5) is 35.8. The standard InChI is InChI=1S/C16H23N5O2/c1-9(2)8-11-18-12(14(17)22)13-15(19-11)21(16(23)20-13)10-6-4-3-5-7-10/h9-10H,3-8H2,1-2H3,(H2,17,22)(H,20,23). The smallest absolute Gasteiger partial charge is 0.327 e. The van der Waals surface area contributed by atoms with Crippen molar-refractivity contribution < 1.29 is 4.79 Å². The van der Waals surface area contributed by atoms with E-state index in [1.807, 2.05) is 0 Å². The number of fused-ring (bicyclic) bond motifs is 1. The number of amides is 1. The fourth-order valence-electron chi connectivity index (χ4n) is 3.36. The third-order valence-corrected chi connectivity index (χ3v) is 4.38. The lowest BCUT2D eigenvalue weighted by Gasteiger charge is -2.22. The first-order valence-corrected chi connectivity index (χ1v) is 8.28. The number of primary amides is 1. The Bertz CT molecular complexity index is 784. The lowest BCUT2D eigenvalue weighted by molar-refractivity contribution is 0.0996. The average Bonchev–Trinajstić information content (AvgIpc) is 2.82. The fourth-order valence-corrected chi connectivity index (χ4v) is 3.36. The van der Waals surface area contributed by atoms with Crippen molar-refractivity contribution in [1.82, 2.24) is 19.5 Å². The van der Waals surface area contributed by atoms with E-state index in [4.69, 9.17) is 5.73 Å². The molecule has 1 aliphatic carbocycles. The first kappa shape index (κ1) is 15.7. The number of nitrogens with two attached hydrogens (primary N) is 1. The van der Waals surface area contributed by atoms with E-state index in [2.05, 4.69) is 28.8 Å². The third-order valence-electron chi connectivity index (χ3n) is 4.38. The monoisotopic (exact) mass is 317 g/mol. The summed E-state index contributed by atoms with van der Waals surface area (Å²) in [6, 6.07) is 0.132.